The molecular weight excluding hydrogens is 244 g/mol. The summed E-state index contributed by atoms with van der Waals surface area (Å²) >= 11 is 0. The van der Waals surface area contributed by atoms with E-state index in [1.807, 2.05) is 12.1 Å². The highest BCUT2D eigenvalue weighted by molar-refractivity contribution is 5.98. The maximum absolute atomic E-state index is 11.7. The lowest BCUT2D eigenvalue weighted by Crippen LogP contribution is -2.35. The Labute approximate surface area is 112 Å². The van der Waals surface area contributed by atoms with Crippen LogP contribution in [0.3, 0.4) is 0 Å². The second-order valence-electron chi connectivity index (χ2n) is 4.84. The van der Waals surface area contributed by atoms with Gasteiger partial charge in [0.05, 0.1) is 0 Å². The molecule has 0 bridgehead atoms. The molecule has 19 heavy (non-hydrogen) atoms. The first-order chi connectivity index (χ1) is 8.91. The van der Waals surface area contributed by atoms with Crippen LogP contribution in [-0.4, -0.2) is 37.1 Å². The first-order valence-electron chi connectivity index (χ1n) is 6.27. The second-order valence-corrected chi connectivity index (χ2v) is 4.84. The Morgan fingerprint density at radius 1 is 1.42 bits per heavy atom. The third kappa shape index (κ3) is 2.46. The number of nitrogens with zero attached hydrogens (tertiary/aromatic N) is 2. The lowest BCUT2D eigenvalue weighted by atomic mass is 10.0. The molecule has 1 aromatic rings. The Morgan fingerprint density at radius 3 is 2.74 bits per heavy atom. The number of likely N-dealkylation sites (N-methyl/N-ethyl adjacent to an activating group) is 1. The summed E-state index contributed by atoms with van der Waals surface area (Å²) < 4.78 is 0. The van der Waals surface area contributed by atoms with Crippen molar-refractivity contribution < 1.29 is 14.7 Å². The molecule has 0 fully saturated rings. The van der Waals surface area contributed by atoms with Crippen LogP contribution in [-0.2, 0) is 16.0 Å². The van der Waals surface area contributed by atoms with Gasteiger partial charge < -0.3 is 14.9 Å². The Balaban J connectivity index is 2.32. The van der Waals surface area contributed by atoms with E-state index in [-0.39, 0.29) is 11.8 Å². The van der Waals surface area contributed by atoms with E-state index < -0.39 is 6.10 Å². The minimum atomic E-state index is -1.02. The van der Waals surface area contributed by atoms with Gasteiger partial charge in [-0.05, 0) is 37.1 Å². The molecule has 5 heteroatoms. The van der Waals surface area contributed by atoms with Crippen molar-refractivity contribution >= 4 is 23.2 Å². The molecule has 102 valence electrons. The fourth-order valence-corrected chi connectivity index (χ4v) is 2.26. The SMILES string of the molecule is CC(O)C(=O)N(C)c1ccc2c(c1)CCC(=O)N2C. The normalized spacial score (nSPS) is 16.0. The number of carbonyl (C=O) groups is 2. The highest BCUT2D eigenvalue weighted by atomic mass is 16.3. The van der Waals surface area contributed by atoms with Crippen molar-refractivity contribution in [3.63, 3.8) is 0 Å². The van der Waals surface area contributed by atoms with Crippen LogP contribution in [0.25, 0.3) is 0 Å². The van der Waals surface area contributed by atoms with Crippen molar-refractivity contribution in [2.45, 2.75) is 25.9 Å². The van der Waals surface area contributed by atoms with Crippen LogP contribution in [0.1, 0.15) is 18.9 Å². The van der Waals surface area contributed by atoms with Crippen molar-refractivity contribution in [2.75, 3.05) is 23.9 Å². The minimum absolute atomic E-state index is 0.105. The van der Waals surface area contributed by atoms with Gasteiger partial charge in [-0.1, -0.05) is 0 Å². The summed E-state index contributed by atoms with van der Waals surface area (Å²) in [6, 6.07) is 5.53. The molecule has 2 amide bonds. The van der Waals surface area contributed by atoms with E-state index in [0.29, 0.717) is 12.8 Å². The molecule has 1 aliphatic heterocycles. The van der Waals surface area contributed by atoms with Crippen molar-refractivity contribution in [3.05, 3.63) is 23.8 Å². The molecule has 0 spiro atoms. The summed E-state index contributed by atoms with van der Waals surface area (Å²) in [5.74, 6) is -0.242. The molecule has 1 N–H and O–H groups in total. The van der Waals surface area contributed by atoms with Gasteiger partial charge in [-0.3, -0.25) is 9.59 Å². The molecule has 1 atom stereocenters. The van der Waals surface area contributed by atoms with Crippen molar-refractivity contribution in [2.24, 2.45) is 0 Å². The Hall–Kier alpha value is -1.88. The number of rotatable bonds is 2. The van der Waals surface area contributed by atoms with Gasteiger partial charge in [0.2, 0.25) is 5.91 Å². The maximum atomic E-state index is 11.7. The summed E-state index contributed by atoms with van der Waals surface area (Å²) in [6.45, 7) is 1.45. The van der Waals surface area contributed by atoms with Crippen LogP contribution < -0.4 is 9.80 Å². The van der Waals surface area contributed by atoms with Crippen molar-refractivity contribution in [1.82, 2.24) is 0 Å². The number of anilines is 2. The Morgan fingerprint density at radius 2 is 2.11 bits per heavy atom. The zero-order valence-electron chi connectivity index (χ0n) is 11.4. The smallest absolute Gasteiger partial charge is 0.255 e. The van der Waals surface area contributed by atoms with E-state index in [0.717, 1.165) is 16.9 Å². The molecule has 0 aromatic heterocycles. The topological polar surface area (TPSA) is 60.9 Å². The third-order valence-corrected chi connectivity index (χ3v) is 3.48. The average molecular weight is 262 g/mol. The number of hydrogen-bond donors (Lipinski definition) is 1. The van der Waals surface area contributed by atoms with Crippen molar-refractivity contribution in [3.8, 4) is 0 Å². The molecule has 1 aliphatic rings. The Kier molecular flexibility index (Phi) is 3.57. The predicted molar refractivity (Wildman–Crippen MR) is 73.3 cm³/mol. The van der Waals surface area contributed by atoms with E-state index in [1.54, 1.807) is 25.1 Å². The van der Waals surface area contributed by atoms with Crippen LogP contribution in [0.2, 0.25) is 0 Å². The number of aliphatic hydroxyl groups is 1. The van der Waals surface area contributed by atoms with Gasteiger partial charge in [-0.2, -0.15) is 0 Å². The molecule has 2 rings (SSSR count). The first kappa shape index (κ1) is 13.5. The van der Waals surface area contributed by atoms with Gasteiger partial charge in [-0.15, -0.1) is 0 Å². The molecule has 0 saturated carbocycles. The van der Waals surface area contributed by atoms with Crippen LogP contribution in [0.5, 0.6) is 0 Å². The standard InChI is InChI=1S/C14H18N2O3/c1-9(17)14(19)15(2)11-5-6-12-10(8-11)4-7-13(18)16(12)3/h5-6,8-9,17H,4,7H2,1-3H3. The monoisotopic (exact) mass is 262 g/mol. The van der Waals surface area contributed by atoms with Crippen LogP contribution in [0.15, 0.2) is 18.2 Å². The summed E-state index contributed by atoms with van der Waals surface area (Å²) in [4.78, 5) is 26.4. The molecular formula is C14H18N2O3. The van der Waals surface area contributed by atoms with E-state index in [2.05, 4.69) is 0 Å². The van der Waals surface area contributed by atoms with Gasteiger partial charge in [0.25, 0.3) is 5.91 Å². The highest BCUT2D eigenvalue weighted by Gasteiger charge is 2.23. The molecule has 1 heterocycles. The summed E-state index contributed by atoms with van der Waals surface area (Å²) in [7, 11) is 3.39. The quantitative estimate of drug-likeness (QED) is 0.863. The maximum Gasteiger partial charge on any atom is 0.255 e. The zero-order valence-corrected chi connectivity index (χ0v) is 11.4. The van der Waals surface area contributed by atoms with Crippen LogP contribution in [0.4, 0.5) is 11.4 Å². The predicted octanol–water partition coefficient (Wildman–Crippen LogP) is 0.939. The Bertz CT molecular complexity index is 525. The van der Waals surface area contributed by atoms with Gasteiger partial charge in [-0.25, -0.2) is 0 Å². The molecule has 1 unspecified atom stereocenters. The largest absolute Gasteiger partial charge is 0.384 e. The lowest BCUT2D eigenvalue weighted by Gasteiger charge is -2.27. The average Bonchev–Trinajstić information content (AvgIpc) is 2.40. The van der Waals surface area contributed by atoms with Gasteiger partial charge in [0, 0.05) is 31.9 Å². The number of carbonyl (C=O) groups excluding carboxylic acids is 2. The van der Waals surface area contributed by atoms with Crippen LogP contribution >= 0.6 is 0 Å². The molecule has 5 nitrogen and oxygen atoms in total. The van der Waals surface area contributed by atoms with Gasteiger partial charge in [0.15, 0.2) is 0 Å². The van der Waals surface area contributed by atoms with Crippen molar-refractivity contribution in [1.29, 1.82) is 0 Å². The van der Waals surface area contributed by atoms with E-state index in [4.69, 9.17) is 0 Å². The number of benzene rings is 1. The minimum Gasteiger partial charge on any atom is -0.384 e. The summed E-state index contributed by atoms with van der Waals surface area (Å²) in [5, 5.41) is 9.32. The lowest BCUT2D eigenvalue weighted by molar-refractivity contribution is -0.125. The molecule has 0 aliphatic carbocycles. The number of hydrogen-bond acceptors (Lipinski definition) is 3. The number of aryl methyl sites for hydroxylation is 1. The molecule has 1 aromatic carbocycles. The van der Waals surface area contributed by atoms with Crippen LogP contribution in [0, 0.1) is 0 Å². The summed E-state index contributed by atoms with van der Waals surface area (Å²) in [6.07, 6.45) is 0.148. The van der Waals surface area contributed by atoms with E-state index in [9.17, 15) is 14.7 Å². The fourth-order valence-electron chi connectivity index (χ4n) is 2.26. The highest BCUT2D eigenvalue weighted by Crippen LogP contribution is 2.30. The molecule has 0 radical (unpaired) electrons. The third-order valence-electron chi connectivity index (χ3n) is 3.48. The second kappa shape index (κ2) is 5.01. The van der Waals surface area contributed by atoms with E-state index >= 15 is 0 Å². The zero-order chi connectivity index (χ0) is 14.2. The van der Waals surface area contributed by atoms with E-state index in [1.165, 1.54) is 11.8 Å². The number of amides is 2. The van der Waals surface area contributed by atoms with Gasteiger partial charge >= 0.3 is 0 Å². The number of aliphatic hydroxyl groups excluding tert-OH is 1. The first-order valence-corrected chi connectivity index (χ1v) is 6.27. The van der Waals surface area contributed by atoms with Gasteiger partial charge in [0.1, 0.15) is 6.10 Å². The molecule has 0 saturated heterocycles. The summed E-state index contributed by atoms with van der Waals surface area (Å²) in [5.41, 5.74) is 2.66. The number of fused-ring (bicyclic) bond motifs is 1. The fraction of sp³-hybridized carbons (Fsp3) is 0.429.